The summed E-state index contributed by atoms with van der Waals surface area (Å²) in [5.74, 6) is 1.28. The van der Waals surface area contributed by atoms with E-state index in [1.807, 2.05) is 6.07 Å². The lowest BCUT2D eigenvalue weighted by Crippen LogP contribution is -2.42. The summed E-state index contributed by atoms with van der Waals surface area (Å²) < 4.78 is 23.7. The maximum atomic E-state index is 13.1. The van der Waals surface area contributed by atoms with Gasteiger partial charge in [-0.3, -0.25) is 0 Å². The molecule has 112 valence electrons. The van der Waals surface area contributed by atoms with Crippen molar-refractivity contribution < 1.29 is 13.7 Å². The van der Waals surface area contributed by atoms with Crippen LogP contribution in [0.15, 0.2) is 33.7 Å². The van der Waals surface area contributed by atoms with Crippen LogP contribution in [0.4, 0.5) is 4.39 Å². The van der Waals surface area contributed by atoms with Crippen LogP contribution < -0.4 is 5.73 Å². The van der Waals surface area contributed by atoms with E-state index in [9.17, 15) is 4.39 Å². The quantitative estimate of drug-likeness (QED) is 0.875. The van der Waals surface area contributed by atoms with E-state index in [2.05, 4.69) is 10.1 Å². The normalized spacial score (nSPS) is 17.8. The number of aromatic nitrogens is 2. The molecule has 0 aliphatic carbocycles. The van der Waals surface area contributed by atoms with Crippen molar-refractivity contribution in [2.75, 3.05) is 13.2 Å². The summed E-state index contributed by atoms with van der Waals surface area (Å²) in [6.07, 6.45) is 1.34. The number of nitrogens with zero attached hydrogens (tertiary/aromatic N) is 2. The molecule has 5 nitrogen and oxygen atoms in total. The zero-order valence-electron chi connectivity index (χ0n) is 11.4. The van der Waals surface area contributed by atoms with Crippen LogP contribution in [-0.2, 0) is 16.0 Å². The summed E-state index contributed by atoms with van der Waals surface area (Å²) in [4.78, 5) is 5.20. The molecule has 2 aromatic rings. The maximum Gasteiger partial charge on any atom is 0.246 e. The first-order chi connectivity index (χ1) is 10.2. The van der Waals surface area contributed by atoms with Crippen LogP contribution in [0.5, 0.6) is 0 Å². The van der Waals surface area contributed by atoms with Gasteiger partial charge in [0.1, 0.15) is 11.4 Å². The van der Waals surface area contributed by atoms with Gasteiger partial charge in [0.15, 0.2) is 5.82 Å². The van der Waals surface area contributed by atoms with Crippen LogP contribution in [0, 0.1) is 5.82 Å². The van der Waals surface area contributed by atoms with Gasteiger partial charge in [0, 0.05) is 18.1 Å². The molecule has 0 atom stereocenters. The molecule has 0 saturated carbocycles. The Kier molecular flexibility index (Phi) is 4.23. The Hall–Kier alpha value is -1.44. The molecule has 1 aliphatic heterocycles. The lowest BCUT2D eigenvalue weighted by atomic mass is 9.91. The summed E-state index contributed by atoms with van der Waals surface area (Å²) in [5, 5.41) is 3.95. The van der Waals surface area contributed by atoms with Gasteiger partial charge in [0.25, 0.3) is 0 Å². The molecule has 2 heterocycles. The molecule has 3 rings (SSSR count). The predicted octanol–water partition coefficient (Wildman–Crippen LogP) is 2.47. The minimum absolute atomic E-state index is 0.253. The number of halogens is 1. The van der Waals surface area contributed by atoms with Crippen molar-refractivity contribution in [1.82, 2.24) is 10.1 Å². The Morgan fingerprint density at radius 2 is 2.14 bits per heavy atom. The van der Waals surface area contributed by atoms with Crippen molar-refractivity contribution in [2.45, 2.75) is 29.0 Å². The highest BCUT2D eigenvalue weighted by Crippen LogP contribution is 2.29. The highest BCUT2D eigenvalue weighted by Gasteiger charge is 2.35. The highest BCUT2D eigenvalue weighted by molar-refractivity contribution is 7.98. The van der Waals surface area contributed by atoms with Gasteiger partial charge in [-0.1, -0.05) is 11.2 Å². The zero-order valence-corrected chi connectivity index (χ0v) is 12.2. The summed E-state index contributed by atoms with van der Waals surface area (Å²) in [5.41, 5.74) is 5.70. The first-order valence-electron chi connectivity index (χ1n) is 6.74. The Labute approximate surface area is 126 Å². The number of benzene rings is 1. The van der Waals surface area contributed by atoms with Crippen LogP contribution in [0.2, 0.25) is 0 Å². The van der Waals surface area contributed by atoms with Crippen LogP contribution >= 0.6 is 11.8 Å². The van der Waals surface area contributed by atoms with Crippen molar-refractivity contribution in [1.29, 1.82) is 0 Å². The number of hydrogen-bond acceptors (Lipinski definition) is 6. The SMILES string of the molecule is NC1(c2nc(CSc3cccc(F)c3)no2)CCOCC1. The highest BCUT2D eigenvalue weighted by atomic mass is 32.2. The minimum atomic E-state index is -0.590. The van der Waals surface area contributed by atoms with E-state index in [0.717, 1.165) is 4.90 Å². The Morgan fingerprint density at radius 1 is 1.33 bits per heavy atom. The number of rotatable bonds is 4. The van der Waals surface area contributed by atoms with E-state index in [1.54, 1.807) is 6.07 Å². The molecule has 0 radical (unpaired) electrons. The van der Waals surface area contributed by atoms with E-state index >= 15 is 0 Å². The lowest BCUT2D eigenvalue weighted by Gasteiger charge is -2.29. The molecular weight excluding hydrogens is 293 g/mol. The van der Waals surface area contributed by atoms with Gasteiger partial charge >= 0.3 is 0 Å². The monoisotopic (exact) mass is 309 g/mol. The fourth-order valence-corrected chi connectivity index (χ4v) is 2.95. The van der Waals surface area contributed by atoms with Gasteiger partial charge in [-0.15, -0.1) is 11.8 Å². The van der Waals surface area contributed by atoms with E-state index in [4.69, 9.17) is 15.0 Å². The summed E-state index contributed by atoms with van der Waals surface area (Å²) >= 11 is 1.46. The smallest absolute Gasteiger partial charge is 0.246 e. The van der Waals surface area contributed by atoms with Crippen molar-refractivity contribution in [3.63, 3.8) is 0 Å². The molecule has 0 spiro atoms. The molecule has 7 heteroatoms. The number of hydrogen-bond donors (Lipinski definition) is 1. The van der Waals surface area contributed by atoms with Gasteiger partial charge in [-0.2, -0.15) is 4.98 Å². The van der Waals surface area contributed by atoms with Gasteiger partial charge in [0.05, 0.1) is 5.75 Å². The third-order valence-corrected chi connectivity index (χ3v) is 4.43. The molecule has 2 N–H and O–H groups in total. The summed E-state index contributed by atoms with van der Waals surface area (Å²) in [7, 11) is 0. The number of ether oxygens (including phenoxy) is 1. The van der Waals surface area contributed by atoms with E-state index < -0.39 is 5.54 Å². The molecule has 1 fully saturated rings. The van der Waals surface area contributed by atoms with Crippen LogP contribution in [0.25, 0.3) is 0 Å². The summed E-state index contributed by atoms with van der Waals surface area (Å²) in [6.45, 7) is 1.21. The second-order valence-corrected chi connectivity index (χ2v) is 6.08. The molecule has 0 bridgehead atoms. The molecular formula is C14H16FN3O2S. The number of thioether (sulfide) groups is 1. The molecule has 0 unspecified atom stereocenters. The fourth-order valence-electron chi connectivity index (χ4n) is 2.17. The van der Waals surface area contributed by atoms with Crippen LogP contribution in [0.1, 0.15) is 24.6 Å². The van der Waals surface area contributed by atoms with Crippen LogP contribution in [-0.4, -0.2) is 23.4 Å². The molecule has 0 amide bonds. The third-order valence-electron chi connectivity index (χ3n) is 3.44. The lowest BCUT2D eigenvalue weighted by molar-refractivity contribution is 0.0400. The maximum absolute atomic E-state index is 13.1. The Morgan fingerprint density at radius 3 is 2.90 bits per heavy atom. The molecule has 1 aromatic carbocycles. The molecule has 1 aromatic heterocycles. The van der Waals surface area contributed by atoms with Gasteiger partial charge in [-0.25, -0.2) is 4.39 Å². The second kappa shape index (κ2) is 6.13. The molecule has 21 heavy (non-hydrogen) atoms. The standard InChI is InChI=1S/C14H16FN3O2S/c15-10-2-1-3-11(8-10)21-9-12-17-13(20-18-12)14(16)4-6-19-7-5-14/h1-3,8H,4-7,9,16H2. The third kappa shape index (κ3) is 3.42. The number of nitrogens with two attached hydrogens (primary N) is 1. The minimum Gasteiger partial charge on any atom is -0.381 e. The first kappa shape index (κ1) is 14.5. The fraction of sp³-hybridized carbons (Fsp3) is 0.429. The van der Waals surface area contributed by atoms with E-state index in [-0.39, 0.29) is 5.82 Å². The predicted molar refractivity (Wildman–Crippen MR) is 76.2 cm³/mol. The largest absolute Gasteiger partial charge is 0.381 e. The van der Waals surface area contributed by atoms with Crippen molar-refractivity contribution >= 4 is 11.8 Å². The second-order valence-electron chi connectivity index (χ2n) is 5.03. The summed E-state index contributed by atoms with van der Waals surface area (Å²) in [6, 6.07) is 6.42. The van der Waals surface area contributed by atoms with Crippen molar-refractivity contribution in [3.05, 3.63) is 41.8 Å². The first-order valence-corrected chi connectivity index (χ1v) is 7.72. The Bertz CT molecular complexity index is 614. The Balaban J connectivity index is 1.65. The topological polar surface area (TPSA) is 74.2 Å². The average Bonchev–Trinajstić information content (AvgIpc) is 2.96. The van der Waals surface area contributed by atoms with Crippen LogP contribution in [0.3, 0.4) is 0 Å². The average molecular weight is 309 g/mol. The molecule has 1 saturated heterocycles. The molecule has 1 aliphatic rings. The van der Waals surface area contributed by atoms with Crippen molar-refractivity contribution in [2.24, 2.45) is 5.73 Å². The van der Waals surface area contributed by atoms with E-state index in [1.165, 1.54) is 23.9 Å². The van der Waals surface area contributed by atoms with E-state index in [0.29, 0.717) is 43.5 Å². The van der Waals surface area contributed by atoms with Gasteiger partial charge in [-0.05, 0) is 31.0 Å². The zero-order chi connectivity index (χ0) is 14.7. The van der Waals surface area contributed by atoms with Gasteiger partial charge in [0.2, 0.25) is 5.89 Å². The van der Waals surface area contributed by atoms with Crippen molar-refractivity contribution in [3.8, 4) is 0 Å². The van der Waals surface area contributed by atoms with Gasteiger partial charge < -0.3 is 15.0 Å².